The third kappa shape index (κ3) is 3.09. The van der Waals surface area contributed by atoms with Crippen molar-refractivity contribution in [1.82, 2.24) is 10.2 Å². The van der Waals surface area contributed by atoms with Gasteiger partial charge in [-0.3, -0.25) is 9.59 Å². The molecule has 1 aliphatic heterocycles. The molecule has 0 radical (unpaired) electrons. The van der Waals surface area contributed by atoms with E-state index in [4.69, 9.17) is 0 Å². The van der Waals surface area contributed by atoms with Gasteiger partial charge in [0.2, 0.25) is 5.91 Å². The SMILES string of the molecule is CCCC(CC)N1C(=O)C(c2ccccc2)NC(=O)C1C. The number of benzene rings is 1. The van der Waals surface area contributed by atoms with Gasteiger partial charge < -0.3 is 10.2 Å². The van der Waals surface area contributed by atoms with E-state index in [1.165, 1.54) is 0 Å². The maximum Gasteiger partial charge on any atom is 0.250 e. The van der Waals surface area contributed by atoms with Crippen molar-refractivity contribution in [1.29, 1.82) is 0 Å². The van der Waals surface area contributed by atoms with E-state index in [1.54, 1.807) is 4.90 Å². The van der Waals surface area contributed by atoms with Crippen molar-refractivity contribution >= 4 is 11.8 Å². The molecule has 0 spiro atoms. The summed E-state index contributed by atoms with van der Waals surface area (Å²) in [5.74, 6) is -0.0633. The summed E-state index contributed by atoms with van der Waals surface area (Å²) in [7, 11) is 0. The molecule has 0 aromatic heterocycles. The lowest BCUT2D eigenvalue weighted by Gasteiger charge is -2.42. The second-order valence-electron chi connectivity index (χ2n) is 5.62. The van der Waals surface area contributed by atoms with Gasteiger partial charge in [-0.2, -0.15) is 0 Å². The second kappa shape index (κ2) is 6.74. The number of carbonyl (C=O) groups excluding carboxylic acids is 2. The highest BCUT2D eigenvalue weighted by Gasteiger charge is 2.41. The molecule has 2 rings (SSSR count). The molecule has 0 aliphatic carbocycles. The molecule has 3 atom stereocenters. The van der Waals surface area contributed by atoms with Crippen LogP contribution in [0.15, 0.2) is 30.3 Å². The number of piperazine rings is 1. The summed E-state index contributed by atoms with van der Waals surface area (Å²) in [6, 6.07) is 8.64. The van der Waals surface area contributed by atoms with Crippen LogP contribution in [0.3, 0.4) is 0 Å². The normalized spacial score (nSPS) is 23.9. The first-order valence-electron chi connectivity index (χ1n) is 7.77. The molecule has 1 saturated heterocycles. The maximum atomic E-state index is 12.9. The summed E-state index contributed by atoms with van der Waals surface area (Å²) >= 11 is 0. The van der Waals surface area contributed by atoms with Gasteiger partial charge >= 0.3 is 0 Å². The van der Waals surface area contributed by atoms with Gasteiger partial charge in [0.25, 0.3) is 5.91 Å². The molecular weight excluding hydrogens is 264 g/mol. The minimum atomic E-state index is -0.555. The number of hydrogen-bond acceptors (Lipinski definition) is 2. The van der Waals surface area contributed by atoms with Crippen molar-refractivity contribution in [2.24, 2.45) is 0 Å². The molecule has 1 N–H and O–H groups in total. The quantitative estimate of drug-likeness (QED) is 0.905. The minimum absolute atomic E-state index is 0.00796. The Balaban J connectivity index is 2.31. The van der Waals surface area contributed by atoms with E-state index >= 15 is 0 Å². The summed E-state index contributed by atoms with van der Waals surface area (Å²) < 4.78 is 0. The fourth-order valence-electron chi connectivity index (χ4n) is 3.03. The number of amides is 2. The Morgan fingerprint density at radius 3 is 2.43 bits per heavy atom. The molecule has 1 aliphatic rings. The number of hydrogen-bond donors (Lipinski definition) is 1. The molecule has 114 valence electrons. The van der Waals surface area contributed by atoms with Crippen molar-refractivity contribution in [3.8, 4) is 0 Å². The molecular formula is C17H24N2O2. The molecule has 1 fully saturated rings. The summed E-state index contributed by atoms with van der Waals surface area (Å²) in [4.78, 5) is 26.9. The highest BCUT2D eigenvalue weighted by molar-refractivity contribution is 5.97. The average Bonchev–Trinajstić information content (AvgIpc) is 2.51. The van der Waals surface area contributed by atoms with E-state index in [-0.39, 0.29) is 17.9 Å². The average molecular weight is 288 g/mol. The first kappa shape index (κ1) is 15.5. The van der Waals surface area contributed by atoms with Gasteiger partial charge in [-0.25, -0.2) is 0 Å². The Labute approximate surface area is 126 Å². The zero-order chi connectivity index (χ0) is 15.4. The standard InChI is InChI=1S/C17H24N2O2/c1-4-9-14(5-2)19-12(3)16(20)18-15(17(19)21)13-10-7-6-8-11-13/h6-8,10-12,14-15H,4-5,9H2,1-3H3,(H,18,20). The van der Waals surface area contributed by atoms with Gasteiger partial charge in [-0.05, 0) is 25.3 Å². The molecule has 0 saturated carbocycles. The molecule has 1 heterocycles. The van der Waals surface area contributed by atoms with Crippen LogP contribution in [-0.2, 0) is 9.59 Å². The van der Waals surface area contributed by atoms with E-state index in [1.807, 2.05) is 37.3 Å². The van der Waals surface area contributed by atoms with Crippen LogP contribution in [0.2, 0.25) is 0 Å². The first-order valence-corrected chi connectivity index (χ1v) is 7.77. The Morgan fingerprint density at radius 2 is 1.86 bits per heavy atom. The van der Waals surface area contributed by atoms with Crippen LogP contribution in [0.4, 0.5) is 0 Å². The van der Waals surface area contributed by atoms with E-state index in [0.717, 1.165) is 24.8 Å². The van der Waals surface area contributed by atoms with Crippen LogP contribution in [0.1, 0.15) is 51.6 Å². The minimum Gasteiger partial charge on any atom is -0.339 e. The Morgan fingerprint density at radius 1 is 1.19 bits per heavy atom. The number of nitrogens with zero attached hydrogens (tertiary/aromatic N) is 1. The molecule has 3 unspecified atom stereocenters. The van der Waals surface area contributed by atoms with Gasteiger partial charge in [-0.1, -0.05) is 50.6 Å². The summed E-state index contributed by atoms with van der Waals surface area (Å²) in [6.45, 7) is 5.99. The number of rotatable bonds is 5. The van der Waals surface area contributed by atoms with E-state index in [0.29, 0.717) is 0 Å². The van der Waals surface area contributed by atoms with E-state index in [2.05, 4.69) is 19.2 Å². The van der Waals surface area contributed by atoms with Crippen LogP contribution in [0, 0.1) is 0 Å². The van der Waals surface area contributed by atoms with Crippen molar-refractivity contribution in [3.05, 3.63) is 35.9 Å². The lowest BCUT2D eigenvalue weighted by atomic mass is 9.96. The largest absolute Gasteiger partial charge is 0.339 e. The highest BCUT2D eigenvalue weighted by Crippen LogP contribution is 2.26. The van der Waals surface area contributed by atoms with Crippen molar-refractivity contribution in [2.75, 3.05) is 0 Å². The Kier molecular flexibility index (Phi) is 4.99. The molecule has 1 aromatic rings. The topological polar surface area (TPSA) is 49.4 Å². The predicted octanol–water partition coefficient (Wildman–Crippen LogP) is 2.65. The van der Waals surface area contributed by atoms with E-state index < -0.39 is 12.1 Å². The fourth-order valence-corrected chi connectivity index (χ4v) is 3.03. The van der Waals surface area contributed by atoms with Crippen molar-refractivity contribution in [3.63, 3.8) is 0 Å². The van der Waals surface area contributed by atoms with Crippen LogP contribution in [-0.4, -0.2) is 28.8 Å². The van der Waals surface area contributed by atoms with Crippen LogP contribution < -0.4 is 5.32 Å². The third-order valence-electron chi connectivity index (χ3n) is 4.20. The third-order valence-corrected chi connectivity index (χ3v) is 4.20. The number of nitrogens with one attached hydrogen (secondary N) is 1. The van der Waals surface area contributed by atoms with Gasteiger partial charge in [-0.15, -0.1) is 0 Å². The molecule has 1 aromatic carbocycles. The Bertz CT molecular complexity index is 501. The summed E-state index contributed by atoms with van der Waals surface area (Å²) in [6.07, 6.45) is 2.81. The van der Waals surface area contributed by atoms with Crippen LogP contribution in [0.25, 0.3) is 0 Å². The zero-order valence-electron chi connectivity index (χ0n) is 13.0. The maximum absolute atomic E-state index is 12.9. The van der Waals surface area contributed by atoms with Gasteiger partial charge in [0.05, 0.1) is 0 Å². The van der Waals surface area contributed by atoms with Crippen LogP contribution >= 0.6 is 0 Å². The monoisotopic (exact) mass is 288 g/mol. The molecule has 21 heavy (non-hydrogen) atoms. The molecule has 0 bridgehead atoms. The first-order chi connectivity index (χ1) is 10.1. The second-order valence-corrected chi connectivity index (χ2v) is 5.62. The van der Waals surface area contributed by atoms with E-state index in [9.17, 15) is 9.59 Å². The fraction of sp³-hybridized carbons (Fsp3) is 0.529. The predicted molar refractivity (Wildman–Crippen MR) is 82.6 cm³/mol. The summed E-state index contributed by atoms with van der Waals surface area (Å²) in [5, 5.41) is 2.85. The lowest BCUT2D eigenvalue weighted by molar-refractivity contribution is -0.152. The van der Waals surface area contributed by atoms with Gasteiger partial charge in [0.1, 0.15) is 12.1 Å². The highest BCUT2D eigenvalue weighted by atomic mass is 16.2. The summed E-state index contributed by atoms with van der Waals surface area (Å²) in [5.41, 5.74) is 0.846. The van der Waals surface area contributed by atoms with Gasteiger partial charge in [0, 0.05) is 6.04 Å². The van der Waals surface area contributed by atoms with Crippen molar-refractivity contribution in [2.45, 2.75) is 58.2 Å². The molecule has 4 heteroatoms. The molecule has 4 nitrogen and oxygen atoms in total. The smallest absolute Gasteiger partial charge is 0.250 e. The van der Waals surface area contributed by atoms with Crippen molar-refractivity contribution < 1.29 is 9.59 Å². The van der Waals surface area contributed by atoms with Gasteiger partial charge in [0.15, 0.2) is 0 Å². The molecule has 2 amide bonds. The number of carbonyl (C=O) groups is 2. The van der Waals surface area contributed by atoms with Crippen LogP contribution in [0.5, 0.6) is 0 Å². The Hall–Kier alpha value is -1.84. The lowest BCUT2D eigenvalue weighted by Crippen LogP contribution is -2.61. The zero-order valence-corrected chi connectivity index (χ0v) is 13.0.